The molecule has 0 aliphatic rings. The fourth-order valence-electron chi connectivity index (χ4n) is 6.27. The van der Waals surface area contributed by atoms with E-state index in [1.165, 1.54) is 36.5 Å². The molecule has 4 aromatic heterocycles. The normalized spacial score (nSPS) is 13.1. The van der Waals surface area contributed by atoms with E-state index >= 15 is 0 Å². The summed E-state index contributed by atoms with van der Waals surface area (Å²) in [4.78, 5) is 0. The minimum Gasteiger partial charge on any atom is -0.239 e. The van der Waals surface area contributed by atoms with Crippen molar-refractivity contribution in [1.29, 1.82) is 0 Å². The van der Waals surface area contributed by atoms with Crippen LogP contribution < -0.4 is 0 Å². The predicted molar refractivity (Wildman–Crippen MR) is 175 cm³/mol. The van der Waals surface area contributed by atoms with Crippen molar-refractivity contribution in [3.05, 3.63) is 120 Å². The van der Waals surface area contributed by atoms with E-state index in [1.54, 1.807) is 24.3 Å². The summed E-state index contributed by atoms with van der Waals surface area (Å²) in [5.74, 6) is 0. The van der Waals surface area contributed by atoms with Gasteiger partial charge in [-0.2, -0.15) is 36.5 Å². The minimum absolute atomic E-state index is 0.397. The van der Waals surface area contributed by atoms with Gasteiger partial charge >= 0.3 is 12.4 Å². The number of nitrogens with zero attached hydrogens (tertiary/aromatic N) is 4. The molecule has 47 heavy (non-hydrogen) atoms. The van der Waals surface area contributed by atoms with Gasteiger partial charge in [0.1, 0.15) is 0 Å². The summed E-state index contributed by atoms with van der Waals surface area (Å²) in [6, 6.07) is 25.8. The van der Waals surface area contributed by atoms with Gasteiger partial charge in [0.2, 0.25) is 0 Å². The van der Waals surface area contributed by atoms with Gasteiger partial charge in [-0.3, -0.25) is 0 Å². The Morgan fingerprint density at radius 3 is 1.30 bits per heavy atom. The average molecular weight is 677 g/mol. The first-order valence-electron chi connectivity index (χ1n) is 14.5. The van der Waals surface area contributed by atoms with E-state index in [9.17, 15) is 26.3 Å². The molecule has 0 radical (unpaired) electrons. The van der Waals surface area contributed by atoms with Gasteiger partial charge in [-0.05, 0) is 38.1 Å². The zero-order valence-electron chi connectivity index (χ0n) is 24.6. The SMILES string of the molecule is CC(C)(c1nn(-c2cccc3c2sc2ccccc23)cc1C(F)(F)F)c1nn(-c2cccc3c2sc2ccccc23)cc1C(F)(F)F. The number of rotatable bonds is 4. The van der Waals surface area contributed by atoms with E-state index < -0.39 is 40.3 Å². The van der Waals surface area contributed by atoms with Crippen molar-refractivity contribution in [1.82, 2.24) is 19.6 Å². The second-order valence-corrected chi connectivity index (χ2v) is 13.9. The van der Waals surface area contributed by atoms with Crippen LogP contribution in [0.15, 0.2) is 97.3 Å². The molecule has 0 fully saturated rings. The quantitative estimate of drug-likeness (QED) is 0.174. The number of benzene rings is 4. The lowest BCUT2D eigenvalue weighted by Crippen LogP contribution is -2.27. The van der Waals surface area contributed by atoms with Crippen molar-refractivity contribution in [2.75, 3.05) is 0 Å². The summed E-state index contributed by atoms with van der Waals surface area (Å²) >= 11 is 2.83. The lowest BCUT2D eigenvalue weighted by molar-refractivity contribution is -0.139. The van der Waals surface area contributed by atoms with Crippen molar-refractivity contribution >= 4 is 63.0 Å². The van der Waals surface area contributed by atoms with Crippen molar-refractivity contribution in [3.63, 3.8) is 0 Å². The monoisotopic (exact) mass is 676 g/mol. The number of halogens is 6. The van der Waals surface area contributed by atoms with Gasteiger partial charge < -0.3 is 0 Å². The van der Waals surface area contributed by atoms with Crippen LogP contribution in [-0.4, -0.2) is 19.6 Å². The molecule has 0 saturated heterocycles. The molecule has 0 saturated carbocycles. The molecule has 236 valence electrons. The first-order valence-corrected chi connectivity index (χ1v) is 16.1. The Balaban J connectivity index is 1.33. The number of thiophene rings is 2. The van der Waals surface area contributed by atoms with Crippen molar-refractivity contribution in [2.45, 2.75) is 31.6 Å². The van der Waals surface area contributed by atoms with Gasteiger partial charge in [-0.25, -0.2) is 9.36 Å². The molecule has 8 rings (SSSR count). The Bertz CT molecular complexity index is 2320. The molecule has 8 aromatic rings. The second-order valence-electron chi connectivity index (χ2n) is 11.8. The maximum atomic E-state index is 14.7. The zero-order chi connectivity index (χ0) is 32.9. The molecular formula is C35H22F6N4S2. The minimum atomic E-state index is -4.90. The van der Waals surface area contributed by atoms with Gasteiger partial charge in [-0.1, -0.05) is 60.7 Å². The Labute approximate surface area is 271 Å². The molecule has 4 nitrogen and oxygen atoms in total. The molecule has 0 spiro atoms. The maximum Gasteiger partial charge on any atom is 0.419 e. The van der Waals surface area contributed by atoms with Crippen LogP contribution in [0.5, 0.6) is 0 Å². The van der Waals surface area contributed by atoms with Gasteiger partial charge in [0.15, 0.2) is 0 Å². The Hall–Kier alpha value is -4.68. The van der Waals surface area contributed by atoms with Crippen LogP contribution in [0, 0.1) is 0 Å². The van der Waals surface area contributed by atoms with Gasteiger partial charge in [0, 0.05) is 43.3 Å². The first-order chi connectivity index (χ1) is 22.3. The van der Waals surface area contributed by atoms with Crippen LogP contribution in [0.3, 0.4) is 0 Å². The Morgan fingerprint density at radius 2 is 0.894 bits per heavy atom. The summed E-state index contributed by atoms with van der Waals surface area (Å²) < 4.78 is 93.7. The van der Waals surface area contributed by atoms with E-state index in [1.807, 2.05) is 60.7 Å². The average Bonchev–Trinajstić information content (AvgIpc) is 3.82. The van der Waals surface area contributed by atoms with Crippen LogP contribution in [0.1, 0.15) is 36.4 Å². The Morgan fingerprint density at radius 1 is 0.511 bits per heavy atom. The van der Waals surface area contributed by atoms with Gasteiger partial charge in [-0.15, -0.1) is 22.7 Å². The highest BCUT2D eigenvalue weighted by molar-refractivity contribution is 7.26. The predicted octanol–water partition coefficient (Wildman–Crippen LogP) is 11.2. The van der Waals surface area contributed by atoms with Crippen LogP contribution in [0.4, 0.5) is 26.3 Å². The van der Waals surface area contributed by atoms with Crippen molar-refractivity contribution in [3.8, 4) is 11.4 Å². The van der Waals surface area contributed by atoms with Crippen molar-refractivity contribution in [2.24, 2.45) is 0 Å². The lowest BCUT2D eigenvalue weighted by atomic mass is 9.81. The Kier molecular flexibility index (Phi) is 6.42. The molecule has 12 heteroatoms. The third-order valence-electron chi connectivity index (χ3n) is 8.48. The second kappa shape index (κ2) is 10.2. The highest BCUT2D eigenvalue weighted by atomic mass is 32.1. The molecule has 0 amide bonds. The molecule has 0 aliphatic carbocycles. The first kappa shape index (κ1) is 29.7. The molecule has 0 aliphatic heterocycles. The van der Waals surface area contributed by atoms with Crippen LogP contribution in [-0.2, 0) is 17.8 Å². The summed E-state index contributed by atoms with van der Waals surface area (Å²) in [6.45, 7) is 2.60. The van der Waals surface area contributed by atoms with Gasteiger partial charge in [0.25, 0.3) is 0 Å². The van der Waals surface area contributed by atoms with Crippen molar-refractivity contribution < 1.29 is 26.3 Å². The molecular weight excluding hydrogens is 655 g/mol. The molecule has 0 N–H and O–H groups in total. The summed E-state index contributed by atoms with van der Waals surface area (Å²) in [7, 11) is 0. The number of aromatic nitrogens is 4. The summed E-state index contributed by atoms with van der Waals surface area (Å²) in [6.07, 6.45) is -8.08. The van der Waals surface area contributed by atoms with E-state index in [0.29, 0.717) is 20.8 Å². The van der Waals surface area contributed by atoms with Gasteiger partial charge in [0.05, 0.1) is 48.7 Å². The standard InChI is InChI=1S/C35H22F6N4S2/c1-33(2,31-23(34(36,37)38)17-44(42-31)25-13-7-11-21-19-9-3-5-15-27(19)46-29(21)25)32-24(35(39,40)41)18-45(43-32)26-14-8-12-22-20-10-4-6-16-28(20)47-30(22)26/h3-18H,1-2H3. The molecule has 4 aromatic carbocycles. The van der Waals surface area contributed by atoms with E-state index in [4.69, 9.17) is 0 Å². The maximum absolute atomic E-state index is 14.7. The number of hydrogen-bond acceptors (Lipinski definition) is 4. The molecule has 0 unspecified atom stereocenters. The highest BCUT2D eigenvalue weighted by Gasteiger charge is 2.47. The van der Waals surface area contributed by atoms with Crippen LogP contribution in [0.2, 0.25) is 0 Å². The third kappa shape index (κ3) is 4.64. The largest absolute Gasteiger partial charge is 0.419 e. The topological polar surface area (TPSA) is 35.6 Å². The van der Waals surface area contributed by atoms with E-state index in [0.717, 1.165) is 52.7 Å². The number of hydrogen-bond donors (Lipinski definition) is 0. The van der Waals surface area contributed by atoms with E-state index in [-0.39, 0.29) is 0 Å². The lowest BCUT2D eigenvalue weighted by Gasteiger charge is -2.24. The van der Waals surface area contributed by atoms with Crippen LogP contribution in [0.25, 0.3) is 51.7 Å². The van der Waals surface area contributed by atoms with Crippen LogP contribution >= 0.6 is 22.7 Å². The highest BCUT2D eigenvalue weighted by Crippen LogP contribution is 2.46. The summed E-state index contributed by atoms with van der Waals surface area (Å²) in [5.41, 5.74) is -4.49. The molecule has 0 bridgehead atoms. The fraction of sp³-hybridized carbons (Fsp3) is 0.143. The number of alkyl halides is 6. The molecule has 4 heterocycles. The third-order valence-corrected chi connectivity index (χ3v) is 10.9. The number of fused-ring (bicyclic) bond motifs is 6. The summed E-state index contributed by atoms with van der Waals surface area (Å²) in [5, 5.41) is 12.4. The fourth-order valence-corrected chi connectivity index (χ4v) is 8.69. The smallest absolute Gasteiger partial charge is 0.239 e. The zero-order valence-corrected chi connectivity index (χ0v) is 26.2. The molecule has 0 atom stereocenters. The van der Waals surface area contributed by atoms with E-state index in [2.05, 4.69) is 10.2 Å².